The van der Waals surface area contributed by atoms with Crippen molar-refractivity contribution >= 4 is 21.9 Å². The van der Waals surface area contributed by atoms with E-state index < -0.39 is 11.8 Å². The maximum Gasteiger partial charge on any atom is 0.339 e. The summed E-state index contributed by atoms with van der Waals surface area (Å²) in [5, 5.41) is 3.78. The van der Waals surface area contributed by atoms with E-state index in [1.54, 1.807) is 18.2 Å². The molecule has 0 N–H and O–H groups in total. The number of benzene rings is 1. The molecular formula is C15H9BrFNO4. The number of carbonyl (C=O) groups excluding carboxylic acids is 1. The summed E-state index contributed by atoms with van der Waals surface area (Å²) in [5.74, 6) is -0.216. The summed E-state index contributed by atoms with van der Waals surface area (Å²) in [5.41, 5.74) is 0.530. The Balaban J connectivity index is 1.67. The van der Waals surface area contributed by atoms with Crippen molar-refractivity contribution in [3.05, 3.63) is 64.2 Å². The Kier molecular flexibility index (Phi) is 4.06. The van der Waals surface area contributed by atoms with Gasteiger partial charge in [0.05, 0.1) is 11.8 Å². The van der Waals surface area contributed by atoms with Gasteiger partial charge in [-0.1, -0.05) is 5.16 Å². The van der Waals surface area contributed by atoms with Crippen LogP contribution in [0, 0.1) is 5.82 Å². The van der Waals surface area contributed by atoms with Crippen molar-refractivity contribution in [1.82, 2.24) is 5.16 Å². The van der Waals surface area contributed by atoms with Crippen LogP contribution in [0.4, 0.5) is 4.39 Å². The van der Waals surface area contributed by atoms with Gasteiger partial charge in [0.25, 0.3) is 0 Å². The van der Waals surface area contributed by atoms with E-state index in [2.05, 4.69) is 21.1 Å². The first-order valence-electron chi connectivity index (χ1n) is 6.25. The number of hydrogen-bond donors (Lipinski definition) is 0. The van der Waals surface area contributed by atoms with E-state index >= 15 is 0 Å². The first-order chi connectivity index (χ1) is 10.6. The van der Waals surface area contributed by atoms with Crippen LogP contribution in [0.15, 0.2) is 56.1 Å². The number of esters is 1. The highest BCUT2D eigenvalue weighted by molar-refractivity contribution is 9.10. The number of aromatic nitrogens is 1. The minimum absolute atomic E-state index is 0.0913. The first kappa shape index (κ1) is 14.5. The van der Waals surface area contributed by atoms with Gasteiger partial charge in [0.2, 0.25) is 5.76 Å². The second kappa shape index (κ2) is 6.15. The fraction of sp³-hybridized carbons (Fsp3) is 0.0667. The van der Waals surface area contributed by atoms with E-state index in [0.717, 1.165) is 6.07 Å². The second-order valence-corrected chi connectivity index (χ2v) is 5.21. The number of halogens is 2. The smallest absolute Gasteiger partial charge is 0.339 e. The number of furan rings is 1. The molecule has 3 aromatic rings. The van der Waals surface area contributed by atoms with Crippen LogP contribution in [0.3, 0.4) is 0 Å². The molecule has 5 nitrogen and oxygen atoms in total. The Bertz CT molecular complexity index is 798. The lowest BCUT2D eigenvalue weighted by atomic mass is 10.2. The zero-order valence-corrected chi connectivity index (χ0v) is 12.7. The normalized spacial score (nSPS) is 10.6. The Labute approximate surface area is 132 Å². The van der Waals surface area contributed by atoms with E-state index in [4.69, 9.17) is 13.7 Å². The van der Waals surface area contributed by atoms with Crippen molar-refractivity contribution in [2.24, 2.45) is 0 Å². The fourth-order valence-electron chi connectivity index (χ4n) is 1.79. The molecule has 0 bridgehead atoms. The number of carbonyl (C=O) groups is 1. The molecule has 3 rings (SSSR count). The van der Waals surface area contributed by atoms with Crippen LogP contribution in [-0.2, 0) is 11.3 Å². The Morgan fingerprint density at radius 2 is 2.14 bits per heavy atom. The molecule has 0 atom stereocenters. The van der Waals surface area contributed by atoms with E-state index in [9.17, 15) is 9.18 Å². The molecule has 0 saturated carbocycles. The van der Waals surface area contributed by atoms with Gasteiger partial charge in [-0.2, -0.15) is 0 Å². The summed E-state index contributed by atoms with van der Waals surface area (Å²) in [6.07, 6.45) is 1.51. The topological polar surface area (TPSA) is 65.5 Å². The quantitative estimate of drug-likeness (QED) is 0.648. The third-order valence-electron chi connectivity index (χ3n) is 2.82. The Morgan fingerprint density at radius 3 is 2.91 bits per heavy atom. The zero-order valence-electron chi connectivity index (χ0n) is 11.1. The van der Waals surface area contributed by atoms with Crippen LogP contribution in [0.2, 0.25) is 0 Å². The van der Waals surface area contributed by atoms with E-state index in [1.165, 1.54) is 18.4 Å². The lowest BCUT2D eigenvalue weighted by molar-refractivity contribution is 0.0462. The van der Waals surface area contributed by atoms with Gasteiger partial charge in [0, 0.05) is 10.5 Å². The summed E-state index contributed by atoms with van der Waals surface area (Å²) in [7, 11) is 0. The summed E-state index contributed by atoms with van der Waals surface area (Å²) in [6.45, 7) is -0.0913. The molecule has 0 radical (unpaired) electrons. The van der Waals surface area contributed by atoms with Gasteiger partial charge in [-0.3, -0.25) is 0 Å². The van der Waals surface area contributed by atoms with Gasteiger partial charge >= 0.3 is 5.97 Å². The SMILES string of the molecule is O=C(OCc1cc(-c2ccco2)on1)c1cc(F)ccc1Br. The molecular weight excluding hydrogens is 357 g/mol. The molecule has 0 aliphatic rings. The standard InChI is InChI=1S/C15H9BrFNO4/c16-12-4-3-9(17)6-11(12)15(19)21-8-10-7-14(22-18-10)13-2-1-5-20-13/h1-7H,8H2. The van der Waals surface area contributed by atoms with Gasteiger partial charge in [-0.15, -0.1) is 0 Å². The van der Waals surface area contributed by atoms with E-state index in [-0.39, 0.29) is 12.2 Å². The third kappa shape index (κ3) is 3.09. The highest BCUT2D eigenvalue weighted by Gasteiger charge is 2.15. The number of rotatable bonds is 4. The minimum atomic E-state index is -0.658. The van der Waals surface area contributed by atoms with Crippen LogP contribution >= 0.6 is 15.9 Å². The number of hydrogen-bond acceptors (Lipinski definition) is 5. The lowest BCUT2D eigenvalue weighted by Crippen LogP contribution is -2.06. The maximum absolute atomic E-state index is 13.2. The van der Waals surface area contributed by atoms with Gasteiger partial charge in [0.1, 0.15) is 18.1 Å². The van der Waals surface area contributed by atoms with Crippen LogP contribution in [0.1, 0.15) is 16.1 Å². The van der Waals surface area contributed by atoms with Crippen molar-refractivity contribution in [2.75, 3.05) is 0 Å². The number of nitrogens with zero attached hydrogens (tertiary/aromatic N) is 1. The average molecular weight is 366 g/mol. The van der Waals surface area contributed by atoms with E-state index in [0.29, 0.717) is 21.7 Å². The molecule has 0 spiro atoms. The zero-order chi connectivity index (χ0) is 15.5. The molecule has 2 heterocycles. The minimum Gasteiger partial charge on any atom is -0.461 e. The van der Waals surface area contributed by atoms with Crippen molar-refractivity contribution < 1.29 is 22.9 Å². The third-order valence-corrected chi connectivity index (χ3v) is 3.51. The van der Waals surface area contributed by atoms with Gasteiger partial charge in [-0.25, -0.2) is 9.18 Å². The number of ether oxygens (including phenoxy) is 1. The van der Waals surface area contributed by atoms with Gasteiger partial charge < -0.3 is 13.7 Å². The maximum atomic E-state index is 13.2. The average Bonchev–Trinajstić information content (AvgIpc) is 3.17. The Hall–Kier alpha value is -2.41. The van der Waals surface area contributed by atoms with Crippen LogP contribution in [0.5, 0.6) is 0 Å². The molecule has 0 saturated heterocycles. The van der Waals surface area contributed by atoms with Crippen LogP contribution in [0.25, 0.3) is 11.5 Å². The van der Waals surface area contributed by atoms with Crippen molar-refractivity contribution in [1.29, 1.82) is 0 Å². The molecule has 7 heteroatoms. The first-order valence-corrected chi connectivity index (χ1v) is 7.04. The van der Waals surface area contributed by atoms with Crippen molar-refractivity contribution in [2.45, 2.75) is 6.61 Å². The van der Waals surface area contributed by atoms with Crippen LogP contribution in [-0.4, -0.2) is 11.1 Å². The fourth-order valence-corrected chi connectivity index (χ4v) is 2.19. The molecule has 0 aliphatic heterocycles. The van der Waals surface area contributed by atoms with Crippen LogP contribution < -0.4 is 0 Å². The van der Waals surface area contributed by atoms with Crippen molar-refractivity contribution in [3.8, 4) is 11.5 Å². The molecule has 22 heavy (non-hydrogen) atoms. The summed E-state index contributed by atoms with van der Waals surface area (Å²) >= 11 is 3.17. The lowest BCUT2D eigenvalue weighted by Gasteiger charge is -2.04. The summed E-state index contributed by atoms with van der Waals surface area (Å²) in [6, 6.07) is 8.83. The molecule has 112 valence electrons. The largest absolute Gasteiger partial charge is 0.461 e. The molecule has 0 fully saturated rings. The summed E-state index contributed by atoms with van der Waals surface area (Å²) < 4.78 is 29.0. The highest BCUT2D eigenvalue weighted by atomic mass is 79.9. The predicted octanol–water partition coefficient (Wildman–Crippen LogP) is 4.19. The second-order valence-electron chi connectivity index (χ2n) is 4.36. The Morgan fingerprint density at radius 1 is 1.27 bits per heavy atom. The monoisotopic (exact) mass is 365 g/mol. The van der Waals surface area contributed by atoms with E-state index in [1.807, 2.05) is 0 Å². The molecule has 0 unspecified atom stereocenters. The van der Waals surface area contributed by atoms with Gasteiger partial charge in [0.15, 0.2) is 5.76 Å². The molecule has 1 aromatic carbocycles. The molecule has 0 amide bonds. The van der Waals surface area contributed by atoms with Gasteiger partial charge in [-0.05, 0) is 46.3 Å². The predicted molar refractivity (Wildman–Crippen MR) is 77.4 cm³/mol. The van der Waals surface area contributed by atoms with Crippen molar-refractivity contribution in [3.63, 3.8) is 0 Å². The highest BCUT2D eigenvalue weighted by Crippen LogP contribution is 2.22. The summed E-state index contributed by atoms with van der Waals surface area (Å²) in [4.78, 5) is 11.9. The molecule has 2 aromatic heterocycles. The molecule has 0 aliphatic carbocycles.